The molecule has 0 spiro atoms. The van der Waals surface area contributed by atoms with Crippen molar-refractivity contribution in [2.24, 2.45) is 0 Å². The number of anilines is 4. The van der Waals surface area contributed by atoms with Gasteiger partial charge in [0, 0.05) is 97.3 Å². The Labute approximate surface area is 448 Å². The maximum absolute atomic E-state index is 13.8. The molecule has 0 amide bonds. The highest BCUT2D eigenvalue weighted by atomic mass is 19.1. The highest BCUT2D eigenvalue weighted by molar-refractivity contribution is 5.41. The van der Waals surface area contributed by atoms with Gasteiger partial charge < -0.3 is 43.9 Å². The second-order valence-corrected chi connectivity index (χ2v) is 19.0. The molecule has 4 saturated heterocycles. The molecule has 1 N–H and O–H groups in total. The van der Waals surface area contributed by atoms with Crippen LogP contribution in [0.5, 0.6) is 23.0 Å². The molecule has 0 aliphatic carbocycles. The fraction of sp³-hybridized carbons (Fsp3) is 0.396. The summed E-state index contributed by atoms with van der Waals surface area (Å²) in [6.07, 6.45) is 22.1. The van der Waals surface area contributed by atoms with E-state index in [9.17, 15) is 8.78 Å². The number of hydrogen-bond acceptors (Lipinski definition) is 21. The van der Waals surface area contributed by atoms with Crippen molar-refractivity contribution in [1.82, 2.24) is 74.7 Å². The van der Waals surface area contributed by atoms with Crippen molar-refractivity contribution in [2.45, 2.75) is 57.4 Å². The fourth-order valence-electron chi connectivity index (χ4n) is 9.35. The van der Waals surface area contributed by atoms with Crippen molar-refractivity contribution < 1.29 is 27.7 Å². The summed E-state index contributed by atoms with van der Waals surface area (Å²) in [7, 11) is 0. The molecule has 4 fully saturated rings. The Hall–Kier alpha value is -8.42. The average molecular weight is 1060 g/mol. The Morgan fingerprint density at radius 1 is 0.513 bits per heavy atom. The lowest BCUT2D eigenvalue weighted by molar-refractivity contribution is 0.00398. The smallest absolute Gasteiger partial charge is 0.228 e. The zero-order chi connectivity index (χ0) is 52.9. The Balaban J connectivity index is 0.000000165. The normalized spacial score (nSPS) is 17.8. The van der Waals surface area contributed by atoms with Crippen LogP contribution in [0.25, 0.3) is 0 Å². The van der Waals surface area contributed by atoms with Crippen molar-refractivity contribution in [3.63, 3.8) is 0 Å². The summed E-state index contributed by atoms with van der Waals surface area (Å²) < 4.78 is 54.2. The number of rotatable bonds is 16. The maximum Gasteiger partial charge on any atom is 0.228 e. The molecule has 2 atom stereocenters. The van der Waals surface area contributed by atoms with Crippen molar-refractivity contribution in [3.05, 3.63) is 145 Å². The minimum absolute atomic E-state index is 0.129. The Morgan fingerprint density at radius 3 is 1.42 bits per heavy atom. The summed E-state index contributed by atoms with van der Waals surface area (Å²) in [6.45, 7) is 10.5. The lowest BCUT2D eigenvalue weighted by atomic mass is 10.1. The highest BCUT2D eigenvalue weighted by Crippen LogP contribution is 2.26. The average Bonchev–Trinajstić information content (AvgIpc) is 4.15. The number of piperazine rings is 2. The van der Waals surface area contributed by atoms with Crippen LogP contribution in [0.15, 0.2) is 111 Å². The van der Waals surface area contributed by atoms with E-state index in [1.165, 1.54) is 18.6 Å². The van der Waals surface area contributed by atoms with Crippen LogP contribution in [-0.2, 0) is 35.4 Å². The number of benzene rings is 2. The summed E-state index contributed by atoms with van der Waals surface area (Å²) in [5, 5.41) is 12.3. The Kier molecular flexibility index (Phi) is 16.7. The molecule has 8 aromatic rings. The third kappa shape index (κ3) is 13.8. The van der Waals surface area contributed by atoms with E-state index in [0.29, 0.717) is 106 Å². The van der Waals surface area contributed by atoms with E-state index in [2.05, 4.69) is 75.0 Å². The van der Waals surface area contributed by atoms with Crippen LogP contribution in [0.1, 0.15) is 42.0 Å². The molecule has 0 saturated carbocycles. The molecule has 6 aromatic heterocycles. The summed E-state index contributed by atoms with van der Waals surface area (Å²) in [5.74, 6) is 4.10. The van der Waals surface area contributed by atoms with E-state index >= 15 is 0 Å². The molecule has 23 nitrogen and oxygen atoms in total. The lowest BCUT2D eigenvalue weighted by Crippen LogP contribution is -2.47. The number of halogens is 2. The van der Waals surface area contributed by atoms with Gasteiger partial charge in [0.25, 0.3) is 0 Å². The molecule has 4 aliphatic rings. The number of ether oxygens (including phenoxy) is 4. The van der Waals surface area contributed by atoms with E-state index in [-0.39, 0.29) is 23.7 Å². The van der Waals surface area contributed by atoms with Crippen LogP contribution in [-0.4, -0.2) is 160 Å². The summed E-state index contributed by atoms with van der Waals surface area (Å²) >= 11 is 0. The first kappa shape index (κ1) is 51.7. The summed E-state index contributed by atoms with van der Waals surface area (Å²) in [4.78, 5) is 53.1. The first-order valence-electron chi connectivity index (χ1n) is 26.2. The number of nitrogens with zero attached hydrogens (tertiary/aromatic N) is 18. The molecule has 25 heteroatoms. The van der Waals surface area contributed by atoms with Gasteiger partial charge in [-0.2, -0.15) is 20.2 Å². The minimum atomic E-state index is -0.434. The van der Waals surface area contributed by atoms with Crippen LogP contribution in [0.4, 0.5) is 32.6 Å². The van der Waals surface area contributed by atoms with Crippen LogP contribution in [0.3, 0.4) is 0 Å². The van der Waals surface area contributed by atoms with Gasteiger partial charge in [0.2, 0.25) is 23.8 Å². The molecule has 78 heavy (non-hydrogen) atoms. The standard InChI is InChI=1S/C27H30FN9O2.C26H29FN10O2/c28-23-6-1-2-7-24(23)39-22-15-29-26(30-16-22)35-8-10-36(11-9-35)27-32-19-31-25(34-27)13-20-14-33-37(17-20)18-21-5-3-4-12-38-21;27-22-3-1-2-4-23(22)39-20-14-29-25(30-15-20)35-6-8-36(9-7-35)26-32-18-31-24(34-26)11-19-12-33-37(16-19)17-21-13-28-5-10-38-21/h1-2,6-7,14-17,19,21H,3-5,8-13,18H2;1-4,12,14-16,18,21,28H,5-11,13,17H2/t2*21-/m00/s1. The molecule has 4 aliphatic heterocycles. The third-order valence-corrected chi connectivity index (χ3v) is 13.4. The van der Waals surface area contributed by atoms with Gasteiger partial charge in [0.15, 0.2) is 34.6 Å². The largest absolute Gasteiger partial charge is 0.451 e. The van der Waals surface area contributed by atoms with Crippen LogP contribution < -0.4 is 34.4 Å². The van der Waals surface area contributed by atoms with Gasteiger partial charge in [-0.05, 0) is 54.7 Å². The number of hydrogen-bond donors (Lipinski definition) is 1. The number of para-hydroxylation sites is 2. The SMILES string of the molecule is Fc1ccccc1Oc1cnc(N2CCN(c3ncnc(Cc4cnn(C[C@@H]5CCCCO5)c4)n3)CC2)nc1.Fc1ccccc1Oc1cnc(N2CCN(c3ncnc(Cc4cnn(C[C@@H]5CNCCO5)c4)n3)CC2)nc1. The van der Waals surface area contributed by atoms with Crippen molar-refractivity contribution >= 4 is 23.8 Å². The van der Waals surface area contributed by atoms with Gasteiger partial charge in [-0.15, -0.1) is 0 Å². The third-order valence-electron chi connectivity index (χ3n) is 13.4. The van der Waals surface area contributed by atoms with Crippen LogP contribution in [0.2, 0.25) is 0 Å². The summed E-state index contributed by atoms with van der Waals surface area (Å²) in [5.41, 5.74) is 2.10. The zero-order valence-corrected chi connectivity index (χ0v) is 42.9. The molecule has 404 valence electrons. The second-order valence-electron chi connectivity index (χ2n) is 19.0. The molecule has 0 radical (unpaired) electrons. The van der Waals surface area contributed by atoms with Gasteiger partial charge >= 0.3 is 0 Å². The number of morpholine rings is 1. The van der Waals surface area contributed by atoms with E-state index in [1.807, 2.05) is 34.2 Å². The van der Waals surface area contributed by atoms with Crippen molar-refractivity contribution in [3.8, 4) is 23.0 Å². The quantitative estimate of drug-likeness (QED) is 0.135. The number of aromatic nitrogens is 14. The second kappa shape index (κ2) is 25.2. The predicted molar refractivity (Wildman–Crippen MR) is 282 cm³/mol. The first-order valence-corrected chi connectivity index (χ1v) is 26.2. The van der Waals surface area contributed by atoms with E-state index in [4.69, 9.17) is 28.9 Å². The van der Waals surface area contributed by atoms with Crippen LogP contribution in [0, 0.1) is 11.6 Å². The van der Waals surface area contributed by atoms with Gasteiger partial charge in [-0.1, -0.05) is 24.3 Å². The van der Waals surface area contributed by atoms with Gasteiger partial charge in [-0.3, -0.25) is 9.36 Å². The fourth-order valence-corrected chi connectivity index (χ4v) is 9.35. The van der Waals surface area contributed by atoms with Crippen molar-refractivity contribution in [2.75, 3.05) is 98.3 Å². The number of nitrogens with one attached hydrogen (secondary N) is 1. The Morgan fingerprint density at radius 2 is 0.974 bits per heavy atom. The molecule has 0 bridgehead atoms. The van der Waals surface area contributed by atoms with Crippen LogP contribution >= 0.6 is 0 Å². The molecular weight excluding hydrogens is 1000 g/mol. The van der Waals surface area contributed by atoms with E-state index < -0.39 is 11.6 Å². The molecule has 2 aromatic carbocycles. The predicted octanol–water partition coefficient (Wildman–Crippen LogP) is 4.97. The highest BCUT2D eigenvalue weighted by Gasteiger charge is 2.24. The molecule has 10 heterocycles. The summed E-state index contributed by atoms with van der Waals surface area (Å²) in [6, 6.07) is 12.5. The molecule has 0 unspecified atom stereocenters. The first-order chi connectivity index (χ1) is 38.4. The zero-order valence-electron chi connectivity index (χ0n) is 42.9. The lowest BCUT2D eigenvalue weighted by Gasteiger charge is -2.34. The minimum Gasteiger partial charge on any atom is -0.451 e. The van der Waals surface area contributed by atoms with E-state index in [1.54, 1.807) is 73.8 Å². The molecular formula is C53H59F2N19O4. The maximum atomic E-state index is 13.8. The molecule has 12 rings (SSSR count). The monoisotopic (exact) mass is 1060 g/mol. The Bertz CT molecular complexity index is 2950. The van der Waals surface area contributed by atoms with Crippen molar-refractivity contribution in [1.29, 1.82) is 0 Å². The topological polar surface area (TPSA) is 226 Å². The van der Waals surface area contributed by atoms with Gasteiger partial charge in [0.1, 0.15) is 24.3 Å². The van der Waals surface area contributed by atoms with E-state index in [0.717, 1.165) is 69.9 Å². The van der Waals surface area contributed by atoms with Gasteiger partial charge in [-0.25, -0.2) is 48.7 Å². The van der Waals surface area contributed by atoms with Gasteiger partial charge in [0.05, 0.1) is 69.1 Å².